The molecule has 2 heteroatoms. The molecule has 0 aromatic heterocycles. The molecule has 0 saturated heterocycles. The number of aliphatic hydroxyl groups is 1. The second-order valence-electron chi connectivity index (χ2n) is 3.84. The van der Waals surface area contributed by atoms with Gasteiger partial charge in [-0.3, -0.25) is 0 Å². The van der Waals surface area contributed by atoms with Crippen LogP contribution in [0, 0.1) is 0 Å². The minimum absolute atomic E-state index is 0.0160. The topological polar surface area (TPSA) is 29.5 Å². The minimum atomic E-state index is -0.0160. The zero-order chi connectivity index (χ0) is 10.7. The monoisotopic (exact) mass is 204 g/mol. The average Bonchev–Trinajstić information content (AvgIpc) is 2.27. The maximum atomic E-state index is 9.42. The fourth-order valence-corrected chi connectivity index (χ4v) is 1.81. The number of benzene rings is 1. The van der Waals surface area contributed by atoms with Crippen LogP contribution in [-0.2, 0) is 4.74 Å². The normalized spacial score (nSPS) is 19.7. The fourth-order valence-electron chi connectivity index (χ4n) is 1.81. The first-order valence-electron chi connectivity index (χ1n) is 5.46. The van der Waals surface area contributed by atoms with Crippen molar-refractivity contribution in [3.63, 3.8) is 0 Å². The zero-order valence-electron chi connectivity index (χ0n) is 8.94. The van der Waals surface area contributed by atoms with Crippen molar-refractivity contribution in [3.05, 3.63) is 47.4 Å². The molecular weight excluding hydrogens is 188 g/mol. The van der Waals surface area contributed by atoms with Crippen LogP contribution in [-0.4, -0.2) is 5.11 Å². The molecule has 1 unspecified atom stereocenters. The number of ether oxygens (including phenoxy) is 1. The average molecular weight is 204 g/mol. The maximum absolute atomic E-state index is 9.42. The summed E-state index contributed by atoms with van der Waals surface area (Å²) in [6, 6.07) is 10.0. The summed E-state index contributed by atoms with van der Waals surface area (Å²) >= 11 is 0. The van der Waals surface area contributed by atoms with Gasteiger partial charge in [-0.25, -0.2) is 0 Å². The van der Waals surface area contributed by atoms with Crippen molar-refractivity contribution in [2.75, 3.05) is 0 Å². The van der Waals surface area contributed by atoms with Gasteiger partial charge in [0.05, 0.1) is 5.57 Å². The van der Waals surface area contributed by atoms with Crippen LogP contribution in [0.3, 0.4) is 0 Å². The summed E-state index contributed by atoms with van der Waals surface area (Å²) in [5.41, 5.74) is 2.17. The third-order valence-corrected chi connectivity index (χ3v) is 2.72. The van der Waals surface area contributed by atoms with Gasteiger partial charge in [-0.05, 0) is 18.4 Å². The highest BCUT2D eigenvalue weighted by molar-refractivity contribution is 5.31. The second kappa shape index (κ2) is 4.39. The first kappa shape index (κ1) is 10.1. The molecule has 15 heavy (non-hydrogen) atoms. The molecule has 0 fully saturated rings. The Hall–Kier alpha value is -1.44. The van der Waals surface area contributed by atoms with Crippen LogP contribution in [0.2, 0.25) is 0 Å². The summed E-state index contributed by atoms with van der Waals surface area (Å²) in [6.07, 6.45) is 3.16. The predicted octanol–water partition coefficient (Wildman–Crippen LogP) is 3.72. The molecule has 1 heterocycles. The Morgan fingerprint density at radius 3 is 2.60 bits per heavy atom. The van der Waals surface area contributed by atoms with Crippen LogP contribution < -0.4 is 0 Å². The largest absolute Gasteiger partial charge is 0.481 e. The summed E-state index contributed by atoms with van der Waals surface area (Å²) in [7, 11) is 0. The van der Waals surface area contributed by atoms with Gasteiger partial charge in [-0.2, -0.15) is 0 Å². The molecule has 1 aliphatic heterocycles. The van der Waals surface area contributed by atoms with Crippen LogP contribution >= 0.6 is 0 Å². The Bertz CT molecular complexity index is 354. The lowest BCUT2D eigenvalue weighted by atomic mass is 9.94. The highest BCUT2D eigenvalue weighted by Crippen LogP contribution is 2.40. The molecule has 1 N–H and O–H groups in total. The van der Waals surface area contributed by atoms with E-state index in [9.17, 15) is 5.11 Å². The molecule has 2 rings (SSSR count). The maximum Gasteiger partial charge on any atom is 0.280 e. The van der Waals surface area contributed by atoms with Crippen molar-refractivity contribution in [1.29, 1.82) is 0 Å². The van der Waals surface area contributed by atoms with Gasteiger partial charge in [0, 0.05) is 0 Å². The van der Waals surface area contributed by atoms with Crippen molar-refractivity contribution in [2.45, 2.75) is 32.3 Å². The molecule has 2 nitrogen and oxygen atoms in total. The van der Waals surface area contributed by atoms with Crippen LogP contribution in [0.25, 0.3) is 0 Å². The van der Waals surface area contributed by atoms with Gasteiger partial charge in [0.1, 0.15) is 0 Å². The van der Waals surface area contributed by atoms with E-state index >= 15 is 0 Å². The van der Waals surface area contributed by atoms with Crippen LogP contribution in [0.15, 0.2) is 41.9 Å². The third kappa shape index (κ3) is 1.99. The first-order valence-corrected chi connectivity index (χ1v) is 5.46. The third-order valence-electron chi connectivity index (χ3n) is 2.72. The number of hydrogen-bond acceptors (Lipinski definition) is 2. The SMILES string of the molecule is CCCCC1=C(O)OC1c1ccccc1. The Morgan fingerprint density at radius 1 is 1.27 bits per heavy atom. The Balaban J connectivity index is 2.08. The Morgan fingerprint density at radius 2 is 2.00 bits per heavy atom. The number of rotatable bonds is 4. The van der Waals surface area contributed by atoms with Crippen molar-refractivity contribution < 1.29 is 9.84 Å². The van der Waals surface area contributed by atoms with Gasteiger partial charge < -0.3 is 9.84 Å². The highest BCUT2D eigenvalue weighted by atomic mass is 16.6. The van der Waals surface area contributed by atoms with Crippen LogP contribution in [0.1, 0.15) is 37.9 Å². The van der Waals surface area contributed by atoms with E-state index in [4.69, 9.17) is 4.74 Å². The first-order chi connectivity index (χ1) is 7.33. The molecule has 0 spiro atoms. The molecule has 1 aromatic rings. The molecule has 0 aliphatic carbocycles. The minimum Gasteiger partial charge on any atom is -0.481 e. The zero-order valence-corrected chi connectivity index (χ0v) is 8.94. The molecule has 1 aromatic carbocycles. The van der Waals surface area contributed by atoms with E-state index in [1.807, 2.05) is 30.3 Å². The van der Waals surface area contributed by atoms with Gasteiger partial charge in [0.2, 0.25) is 0 Å². The summed E-state index contributed by atoms with van der Waals surface area (Å²) in [4.78, 5) is 0. The predicted molar refractivity (Wildman–Crippen MR) is 59.4 cm³/mol. The lowest BCUT2D eigenvalue weighted by molar-refractivity contribution is -0.0135. The van der Waals surface area contributed by atoms with Crippen LogP contribution in [0.5, 0.6) is 0 Å². The summed E-state index contributed by atoms with van der Waals surface area (Å²) < 4.78 is 5.27. The van der Waals surface area contributed by atoms with E-state index in [2.05, 4.69) is 6.92 Å². The smallest absolute Gasteiger partial charge is 0.280 e. The van der Waals surface area contributed by atoms with Crippen molar-refractivity contribution in [3.8, 4) is 0 Å². The molecule has 0 saturated carbocycles. The molecule has 80 valence electrons. The van der Waals surface area contributed by atoms with Gasteiger partial charge >= 0.3 is 0 Å². The summed E-state index contributed by atoms with van der Waals surface area (Å²) in [5.74, 6) is 0.136. The molecular formula is C13H16O2. The van der Waals surface area contributed by atoms with Gasteiger partial charge in [0.25, 0.3) is 5.95 Å². The molecule has 0 radical (unpaired) electrons. The number of aliphatic hydroxyl groups excluding tert-OH is 1. The Labute approximate surface area is 90.2 Å². The summed E-state index contributed by atoms with van der Waals surface area (Å²) in [5, 5.41) is 9.42. The van der Waals surface area contributed by atoms with Crippen molar-refractivity contribution in [1.82, 2.24) is 0 Å². The fraction of sp³-hybridized carbons (Fsp3) is 0.385. The van der Waals surface area contributed by atoms with Crippen molar-refractivity contribution >= 4 is 0 Å². The quantitative estimate of drug-likeness (QED) is 0.810. The second-order valence-corrected chi connectivity index (χ2v) is 3.84. The van der Waals surface area contributed by atoms with E-state index < -0.39 is 0 Å². The lowest BCUT2D eigenvalue weighted by Gasteiger charge is -2.30. The van der Waals surface area contributed by atoms with Gasteiger partial charge in [0.15, 0.2) is 6.10 Å². The number of unbranched alkanes of at least 4 members (excludes halogenated alkanes) is 1. The van der Waals surface area contributed by atoms with E-state index in [-0.39, 0.29) is 12.0 Å². The van der Waals surface area contributed by atoms with Crippen LogP contribution in [0.4, 0.5) is 0 Å². The standard InChI is InChI=1S/C13H16O2/c1-2-3-9-11-12(15-13(11)14)10-7-5-4-6-8-10/h4-8,12,14H,2-3,9H2,1H3. The highest BCUT2D eigenvalue weighted by Gasteiger charge is 2.32. The number of hydrogen-bond donors (Lipinski definition) is 1. The van der Waals surface area contributed by atoms with E-state index in [0.717, 1.165) is 30.4 Å². The molecule has 1 atom stereocenters. The van der Waals surface area contributed by atoms with Gasteiger partial charge in [-0.1, -0.05) is 43.7 Å². The van der Waals surface area contributed by atoms with Gasteiger partial charge in [-0.15, -0.1) is 0 Å². The molecule has 1 aliphatic rings. The summed E-state index contributed by atoms with van der Waals surface area (Å²) in [6.45, 7) is 2.15. The van der Waals surface area contributed by atoms with Crippen molar-refractivity contribution in [2.24, 2.45) is 0 Å². The Kier molecular flexibility index (Phi) is 2.95. The van der Waals surface area contributed by atoms with E-state index in [1.165, 1.54) is 0 Å². The molecule has 0 bridgehead atoms. The van der Waals surface area contributed by atoms with E-state index in [0.29, 0.717) is 0 Å². The van der Waals surface area contributed by atoms with E-state index in [1.54, 1.807) is 0 Å². The lowest BCUT2D eigenvalue weighted by Crippen LogP contribution is -2.20. The molecule has 0 amide bonds.